The zero-order valence-electron chi connectivity index (χ0n) is 25.1. The summed E-state index contributed by atoms with van der Waals surface area (Å²) in [6.07, 6.45) is 6.15. The molecule has 1 aromatic heterocycles. The van der Waals surface area contributed by atoms with E-state index >= 15 is 0 Å². The van der Waals surface area contributed by atoms with Crippen LogP contribution in [0.5, 0.6) is 5.75 Å². The van der Waals surface area contributed by atoms with Crippen molar-refractivity contribution < 1.29 is 19.4 Å². The van der Waals surface area contributed by atoms with E-state index in [2.05, 4.69) is 42.3 Å². The molecular weight excluding hydrogens is 550 g/mol. The third-order valence-electron chi connectivity index (χ3n) is 7.94. The molecular formula is C34H42ClN3O4. The number of aliphatic carboxylic acids is 1. The molecule has 1 heterocycles. The minimum absolute atomic E-state index is 0.172. The number of pyridine rings is 1. The van der Waals surface area contributed by atoms with Crippen molar-refractivity contribution in [3.05, 3.63) is 70.4 Å². The summed E-state index contributed by atoms with van der Waals surface area (Å²) in [6, 6.07) is 15.6. The van der Waals surface area contributed by atoms with Crippen molar-refractivity contribution in [3.8, 4) is 28.1 Å². The van der Waals surface area contributed by atoms with E-state index in [1.807, 2.05) is 32.3 Å². The SMILES string of the molecule is CCCc1ccc(C)c(-c2ccc(C(=O)NC3(C(=O)O)CCCCC3)nc2-c2ccc(Cl)c(OCCCN(C)C)c2)c1. The Labute approximate surface area is 254 Å². The Morgan fingerprint density at radius 2 is 1.81 bits per heavy atom. The van der Waals surface area contributed by atoms with Crippen LogP contribution in [0.25, 0.3) is 22.4 Å². The number of nitrogens with zero attached hydrogens (tertiary/aromatic N) is 2. The van der Waals surface area contributed by atoms with Gasteiger partial charge in [0.15, 0.2) is 0 Å². The summed E-state index contributed by atoms with van der Waals surface area (Å²) in [5, 5.41) is 13.4. The number of carboxylic acid groups (broad SMARTS) is 1. The van der Waals surface area contributed by atoms with Crippen LogP contribution in [0.4, 0.5) is 0 Å². The Balaban J connectivity index is 1.77. The lowest BCUT2D eigenvalue weighted by molar-refractivity contribution is -0.145. The van der Waals surface area contributed by atoms with Crippen LogP contribution in [0.1, 0.15) is 73.5 Å². The molecule has 2 N–H and O–H groups in total. The van der Waals surface area contributed by atoms with Crippen LogP contribution in [-0.2, 0) is 11.2 Å². The predicted octanol–water partition coefficient (Wildman–Crippen LogP) is 7.18. The first-order chi connectivity index (χ1) is 20.1. The third kappa shape index (κ3) is 7.50. The number of carbonyl (C=O) groups excluding carboxylic acids is 1. The molecule has 1 aliphatic rings. The second-order valence-corrected chi connectivity index (χ2v) is 12.0. The second-order valence-electron chi connectivity index (χ2n) is 11.5. The average molecular weight is 592 g/mol. The summed E-state index contributed by atoms with van der Waals surface area (Å²) in [5.74, 6) is -0.929. The van der Waals surface area contributed by atoms with Gasteiger partial charge in [-0.2, -0.15) is 0 Å². The minimum Gasteiger partial charge on any atom is -0.492 e. The van der Waals surface area contributed by atoms with Gasteiger partial charge in [-0.1, -0.05) is 68.5 Å². The summed E-state index contributed by atoms with van der Waals surface area (Å²) >= 11 is 6.52. The molecule has 0 radical (unpaired) electrons. The summed E-state index contributed by atoms with van der Waals surface area (Å²) < 4.78 is 6.06. The number of hydrogen-bond donors (Lipinski definition) is 2. The summed E-state index contributed by atoms with van der Waals surface area (Å²) in [4.78, 5) is 32.7. The molecule has 0 saturated heterocycles. The van der Waals surface area contributed by atoms with E-state index in [9.17, 15) is 14.7 Å². The molecule has 4 rings (SSSR count). The van der Waals surface area contributed by atoms with E-state index in [1.165, 1.54) is 5.56 Å². The number of aryl methyl sites for hydroxylation is 2. The van der Waals surface area contributed by atoms with Crippen LogP contribution in [0.3, 0.4) is 0 Å². The number of carboxylic acids is 1. The zero-order chi connectivity index (χ0) is 30.3. The maximum Gasteiger partial charge on any atom is 0.329 e. The normalized spacial score (nSPS) is 14.5. The van der Waals surface area contributed by atoms with Crippen molar-refractivity contribution in [2.45, 2.75) is 70.8 Å². The Kier molecular flexibility index (Phi) is 10.6. The van der Waals surface area contributed by atoms with Gasteiger partial charge in [0, 0.05) is 17.7 Å². The summed E-state index contributed by atoms with van der Waals surface area (Å²) in [6.45, 7) is 5.63. The molecule has 8 heteroatoms. The van der Waals surface area contributed by atoms with Crippen molar-refractivity contribution in [2.75, 3.05) is 27.2 Å². The molecule has 3 aromatic rings. The highest BCUT2D eigenvalue weighted by molar-refractivity contribution is 6.32. The highest BCUT2D eigenvalue weighted by Crippen LogP contribution is 2.37. The fourth-order valence-corrected chi connectivity index (χ4v) is 5.75. The third-order valence-corrected chi connectivity index (χ3v) is 8.25. The van der Waals surface area contributed by atoms with Gasteiger partial charge in [0.05, 0.1) is 17.3 Å². The minimum atomic E-state index is -1.27. The fraction of sp³-hybridized carbons (Fsp3) is 0.441. The fourth-order valence-electron chi connectivity index (χ4n) is 5.58. The number of amides is 1. The van der Waals surface area contributed by atoms with Gasteiger partial charge >= 0.3 is 5.97 Å². The maximum atomic E-state index is 13.5. The van der Waals surface area contributed by atoms with Crippen LogP contribution in [-0.4, -0.2) is 59.7 Å². The van der Waals surface area contributed by atoms with E-state index in [1.54, 1.807) is 12.1 Å². The van der Waals surface area contributed by atoms with Crippen LogP contribution < -0.4 is 10.1 Å². The number of aromatic nitrogens is 1. The van der Waals surface area contributed by atoms with Gasteiger partial charge in [0.1, 0.15) is 17.0 Å². The monoisotopic (exact) mass is 591 g/mol. The summed E-state index contributed by atoms with van der Waals surface area (Å²) in [7, 11) is 4.04. The molecule has 0 aliphatic heterocycles. The standard InChI is InChI=1S/C34H42ClN3O4/c1-5-10-24-12-11-23(2)27(21-24)26-14-16-29(32(39)37-34(33(40)41)17-7-6-8-18-34)36-31(26)25-13-15-28(35)30(22-25)42-20-9-19-38(3)4/h11-16,21-22H,5-10,17-20H2,1-4H3,(H,37,39)(H,40,41). The van der Waals surface area contributed by atoms with Gasteiger partial charge in [-0.25, -0.2) is 9.78 Å². The first-order valence-electron chi connectivity index (χ1n) is 14.9. The van der Waals surface area contributed by atoms with Crippen molar-refractivity contribution >= 4 is 23.5 Å². The lowest BCUT2D eigenvalue weighted by atomic mass is 9.81. The molecule has 1 fully saturated rings. The molecule has 7 nitrogen and oxygen atoms in total. The number of benzene rings is 2. The van der Waals surface area contributed by atoms with Crippen molar-refractivity contribution in [1.29, 1.82) is 0 Å². The van der Waals surface area contributed by atoms with E-state index in [0.29, 0.717) is 35.9 Å². The maximum absolute atomic E-state index is 13.5. The molecule has 2 aromatic carbocycles. The second kappa shape index (κ2) is 14.2. The Bertz CT molecular complexity index is 1420. The summed E-state index contributed by atoms with van der Waals surface area (Å²) in [5.41, 5.74) is 4.52. The van der Waals surface area contributed by atoms with Crippen molar-refractivity contribution in [3.63, 3.8) is 0 Å². The molecule has 0 bridgehead atoms. The van der Waals surface area contributed by atoms with Crippen LogP contribution in [0, 0.1) is 6.92 Å². The molecule has 1 amide bonds. The highest BCUT2D eigenvalue weighted by Gasteiger charge is 2.41. The first-order valence-corrected chi connectivity index (χ1v) is 15.3. The molecule has 0 atom stereocenters. The lowest BCUT2D eigenvalue weighted by Crippen LogP contribution is -2.55. The molecule has 1 aliphatic carbocycles. The quantitative estimate of drug-likeness (QED) is 0.217. The van der Waals surface area contributed by atoms with Gasteiger partial charge in [0.2, 0.25) is 0 Å². The van der Waals surface area contributed by atoms with Crippen LogP contribution in [0.2, 0.25) is 5.02 Å². The van der Waals surface area contributed by atoms with E-state index in [4.69, 9.17) is 21.3 Å². The number of carbonyl (C=O) groups is 2. The number of nitrogens with one attached hydrogen (secondary N) is 1. The molecule has 1 saturated carbocycles. The van der Waals surface area contributed by atoms with E-state index < -0.39 is 17.4 Å². The molecule has 224 valence electrons. The number of ether oxygens (including phenoxy) is 1. The number of halogens is 1. The van der Waals surface area contributed by atoms with Crippen molar-refractivity contribution in [2.24, 2.45) is 0 Å². The number of rotatable bonds is 12. The zero-order valence-corrected chi connectivity index (χ0v) is 25.9. The largest absolute Gasteiger partial charge is 0.492 e. The average Bonchev–Trinajstić information content (AvgIpc) is 2.97. The Morgan fingerprint density at radius 1 is 1.05 bits per heavy atom. The van der Waals surface area contributed by atoms with Gasteiger partial charge in [-0.15, -0.1) is 0 Å². The van der Waals surface area contributed by atoms with Crippen LogP contribution in [0.15, 0.2) is 48.5 Å². The smallest absolute Gasteiger partial charge is 0.329 e. The molecule has 0 unspecified atom stereocenters. The first kappa shape index (κ1) is 31.5. The predicted molar refractivity (Wildman–Crippen MR) is 168 cm³/mol. The van der Waals surface area contributed by atoms with Gasteiger partial charge in [0.25, 0.3) is 5.91 Å². The lowest BCUT2D eigenvalue weighted by Gasteiger charge is -2.33. The van der Waals surface area contributed by atoms with Gasteiger partial charge < -0.3 is 20.1 Å². The van der Waals surface area contributed by atoms with Gasteiger partial charge in [-0.05, 0) is 87.7 Å². The molecule has 42 heavy (non-hydrogen) atoms. The number of hydrogen-bond acceptors (Lipinski definition) is 5. The van der Waals surface area contributed by atoms with E-state index in [-0.39, 0.29) is 5.69 Å². The highest BCUT2D eigenvalue weighted by atomic mass is 35.5. The molecule has 0 spiro atoms. The Morgan fingerprint density at radius 3 is 2.50 bits per heavy atom. The topological polar surface area (TPSA) is 91.8 Å². The van der Waals surface area contributed by atoms with Gasteiger partial charge in [-0.3, -0.25) is 4.79 Å². The van der Waals surface area contributed by atoms with Crippen molar-refractivity contribution in [1.82, 2.24) is 15.2 Å². The Hall–Kier alpha value is -3.42. The van der Waals surface area contributed by atoms with Crippen LogP contribution >= 0.6 is 11.6 Å². The van der Waals surface area contributed by atoms with E-state index in [0.717, 1.165) is 67.3 Å².